The van der Waals surface area contributed by atoms with E-state index in [1.54, 1.807) is 0 Å². The molecule has 1 aliphatic rings. The van der Waals surface area contributed by atoms with E-state index in [9.17, 15) is 0 Å². The number of aromatic nitrogens is 2. The second-order valence-corrected chi connectivity index (χ2v) is 15.4. The van der Waals surface area contributed by atoms with Crippen molar-refractivity contribution in [2.45, 2.75) is 19.3 Å². The van der Waals surface area contributed by atoms with Crippen LogP contribution >= 0.6 is 0 Å². The zero-order valence-electron chi connectivity index (χ0n) is 32.8. The summed E-state index contributed by atoms with van der Waals surface area (Å²) < 4.78 is 6.87. The van der Waals surface area contributed by atoms with E-state index in [1.165, 1.54) is 16.7 Å². The SMILES string of the molecule is Cc1cc(-c2nc(-c3ccccc3)cc(-c3ccccc3)n2)cc(C)c1N1c2ccccc2C(c2ccccc2)(c2cccc3c2oc2ccccc23)c2ccccc21. The third-order valence-electron chi connectivity index (χ3n) is 12.0. The second kappa shape index (κ2) is 13.8. The van der Waals surface area contributed by atoms with E-state index in [1.807, 2.05) is 18.2 Å². The molecule has 11 rings (SSSR count). The minimum absolute atomic E-state index is 0.695. The summed E-state index contributed by atoms with van der Waals surface area (Å²) in [6, 6.07) is 71.1. The van der Waals surface area contributed by atoms with Gasteiger partial charge in [-0.25, -0.2) is 9.97 Å². The van der Waals surface area contributed by atoms with Crippen molar-refractivity contribution in [3.8, 4) is 33.9 Å². The van der Waals surface area contributed by atoms with Crippen molar-refractivity contribution in [3.63, 3.8) is 0 Å². The van der Waals surface area contributed by atoms with Crippen LogP contribution in [-0.4, -0.2) is 9.97 Å². The molecule has 0 saturated carbocycles. The molecule has 4 nitrogen and oxygen atoms in total. The predicted octanol–water partition coefficient (Wildman–Crippen LogP) is 14.2. The molecule has 0 fully saturated rings. The van der Waals surface area contributed by atoms with E-state index in [-0.39, 0.29) is 0 Å². The van der Waals surface area contributed by atoms with Gasteiger partial charge in [-0.15, -0.1) is 0 Å². The summed E-state index contributed by atoms with van der Waals surface area (Å²) in [5.74, 6) is 0.699. The maximum atomic E-state index is 6.87. The van der Waals surface area contributed by atoms with Gasteiger partial charge in [0.05, 0.1) is 33.9 Å². The molecule has 0 radical (unpaired) electrons. The highest BCUT2D eigenvalue weighted by Gasteiger charge is 2.48. The molecular formula is C55H39N3O. The van der Waals surface area contributed by atoms with E-state index < -0.39 is 5.41 Å². The standard InChI is InChI=1S/C55H39N3O/c1-36-33-40(54-56-47(38-19-6-3-7-20-38)35-48(57-54)39-21-8-4-9-22-39)34-37(2)52(36)58-49-30-15-13-27-44(49)55(41-23-10-5-11-24-41,45-28-14-16-31-50(45)58)46-29-18-26-43-42-25-12-17-32-51(42)59-53(43)46/h3-35H,1-2H3. The van der Waals surface area contributed by atoms with Crippen LogP contribution in [0.15, 0.2) is 205 Å². The quantitative estimate of drug-likeness (QED) is 0.169. The fourth-order valence-electron chi connectivity index (χ4n) is 9.50. The van der Waals surface area contributed by atoms with E-state index in [4.69, 9.17) is 14.4 Å². The molecule has 2 aromatic heterocycles. The average Bonchev–Trinajstić information content (AvgIpc) is 3.69. The monoisotopic (exact) mass is 757 g/mol. The number of furan rings is 1. The fraction of sp³-hybridized carbons (Fsp3) is 0.0545. The normalized spacial score (nSPS) is 13.0. The Morgan fingerprint density at radius 3 is 1.54 bits per heavy atom. The number of rotatable bonds is 6. The Morgan fingerprint density at radius 2 is 0.932 bits per heavy atom. The minimum Gasteiger partial charge on any atom is -0.456 e. The summed E-state index contributed by atoms with van der Waals surface area (Å²) in [5, 5.41) is 2.23. The minimum atomic E-state index is -0.695. The third kappa shape index (κ3) is 5.44. The van der Waals surface area contributed by atoms with Gasteiger partial charge in [-0.1, -0.05) is 164 Å². The predicted molar refractivity (Wildman–Crippen MR) is 242 cm³/mol. The number of anilines is 3. The Morgan fingerprint density at radius 1 is 0.441 bits per heavy atom. The van der Waals surface area contributed by atoms with Crippen molar-refractivity contribution in [2.75, 3.05) is 4.90 Å². The van der Waals surface area contributed by atoms with Gasteiger partial charge in [0, 0.05) is 33.0 Å². The second-order valence-electron chi connectivity index (χ2n) is 15.4. The molecule has 280 valence electrons. The number of benzene rings is 8. The molecule has 0 unspecified atom stereocenters. The van der Waals surface area contributed by atoms with Gasteiger partial charge in [-0.05, 0) is 78.1 Å². The maximum Gasteiger partial charge on any atom is 0.160 e. The Labute approximate surface area is 343 Å². The van der Waals surface area contributed by atoms with Gasteiger partial charge in [-0.3, -0.25) is 0 Å². The smallest absolute Gasteiger partial charge is 0.160 e. The molecule has 0 atom stereocenters. The molecule has 0 amide bonds. The molecule has 0 aliphatic carbocycles. The molecule has 0 bridgehead atoms. The van der Waals surface area contributed by atoms with Crippen molar-refractivity contribution in [1.82, 2.24) is 9.97 Å². The highest BCUT2D eigenvalue weighted by molar-refractivity contribution is 6.07. The van der Waals surface area contributed by atoms with Gasteiger partial charge in [0.1, 0.15) is 11.2 Å². The first-order valence-corrected chi connectivity index (χ1v) is 20.2. The lowest BCUT2D eigenvalue weighted by Gasteiger charge is -2.47. The van der Waals surface area contributed by atoms with Crippen molar-refractivity contribution in [2.24, 2.45) is 0 Å². The molecule has 0 spiro atoms. The number of hydrogen-bond donors (Lipinski definition) is 0. The number of aryl methyl sites for hydroxylation is 2. The maximum absolute atomic E-state index is 6.87. The van der Waals surface area contributed by atoms with Gasteiger partial charge >= 0.3 is 0 Å². The van der Waals surface area contributed by atoms with E-state index in [2.05, 4.69) is 201 Å². The zero-order valence-corrected chi connectivity index (χ0v) is 32.8. The highest BCUT2D eigenvalue weighted by atomic mass is 16.3. The van der Waals surface area contributed by atoms with Gasteiger partial charge in [0.25, 0.3) is 0 Å². The van der Waals surface area contributed by atoms with E-state index in [0.717, 1.165) is 83.8 Å². The molecule has 0 saturated heterocycles. The Kier molecular flexibility index (Phi) is 8.12. The van der Waals surface area contributed by atoms with Crippen LogP contribution in [0, 0.1) is 13.8 Å². The lowest BCUT2D eigenvalue weighted by molar-refractivity contribution is 0.643. The van der Waals surface area contributed by atoms with Crippen LogP contribution in [0.4, 0.5) is 17.1 Å². The Hall–Kier alpha value is -7.56. The molecule has 0 N–H and O–H groups in total. The number of nitrogens with zero attached hydrogens (tertiary/aromatic N) is 3. The van der Waals surface area contributed by atoms with Gasteiger partial charge in [-0.2, -0.15) is 0 Å². The first-order valence-electron chi connectivity index (χ1n) is 20.2. The lowest BCUT2D eigenvalue weighted by atomic mass is 9.62. The Balaban J connectivity index is 1.14. The van der Waals surface area contributed by atoms with Crippen molar-refractivity contribution >= 4 is 39.0 Å². The zero-order chi connectivity index (χ0) is 39.5. The molecule has 3 heterocycles. The summed E-state index contributed by atoms with van der Waals surface area (Å²) in [6.45, 7) is 4.43. The highest BCUT2D eigenvalue weighted by Crippen LogP contribution is 2.59. The first kappa shape index (κ1) is 34.7. The van der Waals surface area contributed by atoms with Crippen LogP contribution in [0.25, 0.3) is 55.8 Å². The van der Waals surface area contributed by atoms with Crippen LogP contribution in [0.2, 0.25) is 0 Å². The van der Waals surface area contributed by atoms with E-state index >= 15 is 0 Å². The summed E-state index contributed by atoms with van der Waals surface area (Å²) >= 11 is 0. The van der Waals surface area contributed by atoms with Crippen LogP contribution in [0.1, 0.15) is 33.4 Å². The van der Waals surface area contributed by atoms with Crippen LogP contribution in [-0.2, 0) is 5.41 Å². The molecule has 8 aromatic carbocycles. The number of fused-ring (bicyclic) bond motifs is 5. The summed E-state index contributed by atoms with van der Waals surface area (Å²) in [6.07, 6.45) is 0. The van der Waals surface area contributed by atoms with E-state index in [0.29, 0.717) is 5.82 Å². The van der Waals surface area contributed by atoms with Crippen molar-refractivity contribution < 1.29 is 4.42 Å². The molecule has 4 heteroatoms. The lowest BCUT2D eigenvalue weighted by Crippen LogP contribution is -2.38. The molecular weight excluding hydrogens is 719 g/mol. The number of para-hydroxylation sites is 4. The summed E-state index contributed by atoms with van der Waals surface area (Å²) in [5.41, 5.74) is 16.3. The molecule has 59 heavy (non-hydrogen) atoms. The van der Waals surface area contributed by atoms with Crippen LogP contribution < -0.4 is 4.90 Å². The van der Waals surface area contributed by atoms with Crippen molar-refractivity contribution in [1.29, 1.82) is 0 Å². The third-order valence-corrected chi connectivity index (χ3v) is 12.0. The molecule has 10 aromatic rings. The molecule has 1 aliphatic heterocycles. The average molecular weight is 758 g/mol. The van der Waals surface area contributed by atoms with Crippen LogP contribution in [0.5, 0.6) is 0 Å². The fourth-order valence-corrected chi connectivity index (χ4v) is 9.50. The summed E-state index contributed by atoms with van der Waals surface area (Å²) in [7, 11) is 0. The Bertz CT molecular complexity index is 3060. The number of hydrogen-bond acceptors (Lipinski definition) is 4. The topological polar surface area (TPSA) is 42.2 Å². The summed E-state index contributed by atoms with van der Waals surface area (Å²) in [4.78, 5) is 12.8. The largest absolute Gasteiger partial charge is 0.456 e. The van der Waals surface area contributed by atoms with Gasteiger partial charge in [0.15, 0.2) is 5.82 Å². The van der Waals surface area contributed by atoms with Gasteiger partial charge < -0.3 is 9.32 Å². The van der Waals surface area contributed by atoms with Crippen molar-refractivity contribution in [3.05, 3.63) is 234 Å². The van der Waals surface area contributed by atoms with Gasteiger partial charge in [0.2, 0.25) is 0 Å². The first-order chi connectivity index (χ1) is 29.1. The van der Waals surface area contributed by atoms with Crippen LogP contribution in [0.3, 0.4) is 0 Å².